The molecule has 1 saturated heterocycles. The molecule has 6 rings (SSSR count). The summed E-state index contributed by atoms with van der Waals surface area (Å²) in [6.07, 6.45) is 1.48. The van der Waals surface area contributed by atoms with Crippen molar-refractivity contribution in [3.63, 3.8) is 0 Å². The number of nitrogens with zero attached hydrogens (tertiary/aromatic N) is 4. The summed E-state index contributed by atoms with van der Waals surface area (Å²) < 4.78 is 23.0. The summed E-state index contributed by atoms with van der Waals surface area (Å²) in [4.78, 5) is 20.5. The van der Waals surface area contributed by atoms with E-state index < -0.39 is 0 Å². The Morgan fingerprint density at radius 1 is 0.973 bits per heavy atom. The van der Waals surface area contributed by atoms with E-state index >= 15 is 0 Å². The first-order chi connectivity index (χ1) is 18.2. The molecule has 184 valence electrons. The van der Waals surface area contributed by atoms with E-state index in [2.05, 4.69) is 17.1 Å². The van der Waals surface area contributed by atoms with Crippen LogP contribution in [-0.2, 0) is 6.61 Å². The van der Waals surface area contributed by atoms with Crippen molar-refractivity contribution < 1.29 is 22.8 Å². The van der Waals surface area contributed by atoms with Gasteiger partial charge in [-0.25, -0.2) is 0 Å². The largest absolute Gasteiger partial charge is 0.486 e. The summed E-state index contributed by atoms with van der Waals surface area (Å²) in [5, 5.41) is 11.9. The van der Waals surface area contributed by atoms with Crippen LogP contribution in [0.5, 0.6) is 5.75 Å². The van der Waals surface area contributed by atoms with Gasteiger partial charge in [0.2, 0.25) is 11.6 Å². The molecule has 37 heavy (non-hydrogen) atoms. The number of hydrogen-bond donors (Lipinski definition) is 0. The lowest BCUT2D eigenvalue weighted by Crippen LogP contribution is -2.48. The van der Waals surface area contributed by atoms with Crippen LogP contribution in [0.3, 0.4) is 0 Å². The predicted molar refractivity (Wildman–Crippen MR) is 134 cm³/mol. The van der Waals surface area contributed by atoms with Crippen LogP contribution in [-0.4, -0.2) is 42.0 Å². The van der Waals surface area contributed by atoms with E-state index in [1.807, 2.05) is 41.3 Å². The molecule has 9 nitrogen and oxygen atoms in total. The van der Waals surface area contributed by atoms with Crippen molar-refractivity contribution in [2.24, 2.45) is 0 Å². The van der Waals surface area contributed by atoms with Crippen molar-refractivity contribution in [1.82, 2.24) is 9.88 Å². The van der Waals surface area contributed by atoms with E-state index in [0.717, 1.165) is 16.5 Å². The number of benzene rings is 2. The molecule has 3 aromatic heterocycles. The number of anilines is 1. The molecule has 1 aliphatic heterocycles. The number of amides is 1. The van der Waals surface area contributed by atoms with E-state index in [0.29, 0.717) is 49.3 Å². The molecule has 1 amide bonds. The Kier molecular flexibility index (Phi) is 5.83. The van der Waals surface area contributed by atoms with Crippen LogP contribution in [0.25, 0.3) is 22.4 Å². The molecule has 0 radical (unpaired) electrons. The highest BCUT2D eigenvalue weighted by Gasteiger charge is 2.28. The number of aromatic nitrogens is 1. The molecule has 1 aliphatic rings. The number of piperazine rings is 1. The Balaban J connectivity index is 1.12. The standard InChI is InChI=1S/C28H22N4O5/c29-17-23-28(32-13-11-31(12-14-32)27(33)25-6-3-15-34-25)37-26(30-23)24-10-9-22(36-24)18-35-21-8-7-19-4-1-2-5-20(19)16-21/h1-10,15-16H,11-14,18H2. The van der Waals surface area contributed by atoms with Crippen molar-refractivity contribution in [1.29, 1.82) is 5.26 Å². The van der Waals surface area contributed by atoms with Crippen molar-refractivity contribution in [2.75, 3.05) is 31.1 Å². The first-order valence-electron chi connectivity index (χ1n) is 11.9. The molecule has 5 aromatic rings. The zero-order chi connectivity index (χ0) is 25.2. The van der Waals surface area contributed by atoms with Crippen LogP contribution in [0, 0.1) is 11.3 Å². The molecule has 0 saturated carbocycles. The van der Waals surface area contributed by atoms with Gasteiger partial charge in [-0.05, 0) is 47.2 Å². The quantitative estimate of drug-likeness (QED) is 0.321. The van der Waals surface area contributed by atoms with Crippen molar-refractivity contribution in [2.45, 2.75) is 6.61 Å². The third-order valence-corrected chi connectivity index (χ3v) is 6.28. The number of nitriles is 1. The molecule has 1 fully saturated rings. The zero-order valence-corrected chi connectivity index (χ0v) is 19.8. The summed E-state index contributed by atoms with van der Waals surface area (Å²) >= 11 is 0. The molecule has 0 unspecified atom stereocenters. The number of oxazole rings is 1. The summed E-state index contributed by atoms with van der Waals surface area (Å²) in [6.45, 7) is 2.18. The van der Waals surface area contributed by atoms with Gasteiger partial charge in [0.15, 0.2) is 11.5 Å². The first-order valence-corrected chi connectivity index (χ1v) is 11.9. The van der Waals surface area contributed by atoms with Gasteiger partial charge in [-0.3, -0.25) is 4.79 Å². The monoisotopic (exact) mass is 494 g/mol. The summed E-state index contributed by atoms with van der Waals surface area (Å²) in [5.74, 6) is 2.50. The lowest BCUT2D eigenvalue weighted by atomic mass is 10.1. The molecular weight excluding hydrogens is 472 g/mol. The normalized spacial score (nSPS) is 13.6. The topological polar surface area (TPSA) is 109 Å². The number of furan rings is 2. The maximum Gasteiger partial charge on any atom is 0.289 e. The third-order valence-electron chi connectivity index (χ3n) is 6.28. The summed E-state index contributed by atoms with van der Waals surface area (Å²) in [6, 6.07) is 23.0. The van der Waals surface area contributed by atoms with Crippen LogP contribution >= 0.6 is 0 Å². The van der Waals surface area contributed by atoms with Crippen LogP contribution in [0.15, 0.2) is 86.2 Å². The molecule has 4 heterocycles. The minimum absolute atomic E-state index is 0.155. The second kappa shape index (κ2) is 9.59. The second-order valence-electron chi connectivity index (χ2n) is 8.60. The summed E-state index contributed by atoms with van der Waals surface area (Å²) in [7, 11) is 0. The van der Waals surface area contributed by atoms with E-state index in [1.165, 1.54) is 6.26 Å². The van der Waals surface area contributed by atoms with E-state index in [4.69, 9.17) is 18.0 Å². The van der Waals surface area contributed by atoms with Crippen molar-refractivity contribution in [3.8, 4) is 23.5 Å². The highest BCUT2D eigenvalue weighted by molar-refractivity contribution is 5.91. The molecule has 9 heteroatoms. The Morgan fingerprint density at radius 3 is 2.59 bits per heavy atom. The van der Waals surface area contributed by atoms with Gasteiger partial charge in [-0.15, -0.1) is 0 Å². The first kappa shape index (κ1) is 22.5. The SMILES string of the molecule is N#Cc1nc(-c2ccc(COc3ccc4ccccc4c3)o2)oc1N1CCN(C(=O)c2ccco2)CC1. The van der Waals surface area contributed by atoms with Gasteiger partial charge in [0.25, 0.3) is 11.8 Å². The highest BCUT2D eigenvalue weighted by Crippen LogP contribution is 2.30. The lowest BCUT2D eigenvalue weighted by molar-refractivity contribution is 0.0713. The predicted octanol–water partition coefficient (Wildman–Crippen LogP) is 5.09. The molecule has 2 aromatic carbocycles. The number of carbonyl (C=O) groups is 1. The van der Waals surface area contributed by atoms with E-state index in [-0.39, 0.29) is 24.1 Å². The van der Waals surface area contributed by atoms with Gasteiger partial charge < -0.3 is 27.8 Å². The Hall–Kier alpha value is -4.97. The minimum Gasteiger partial charge on any atom is -0.486 e. The summed E-state index contributed by atoms with van der Waals surface area (Å²) in [5.41, 5.74) is 0.172. The average molecular weight is 495 g/mol. The van der Waals surface area contributed by atoms with Gasteiger partial charge in [0.05, 0.1) is 6.26 Å². The van der Waals surface area contributed by atoms with E-state index in [9.17, 15) is 10.1 Å². The molecular formula is C28H22N4O5. The van der Waals surface area contributed by atoms with Crippen LogP contribution in [0.2, 0.25) is 0 Å². The zero-order valence-electron chi connectivity index (χ0n) is 19.8. The fraction of sp³-hybridized carbons (Fsp3) is 0.179. The molecule has 0 aliphatic carbocycles. The third kappa shape index (κ3) is 4.52. The highest BCUT2D eigenvalue weighted by atomic mass is 16.5. The van der Waals surface area contributed by atoms with Crippen LogP contribution in [0.4, 0.5) is 5.88 Å². The van der Waals surface area contributed by atoms with Crippen LogP contribution < -0.4 is 9.64 Å². The number of fused-ring (bicyclic) bond motifs is 1. The maximum absolute atomic E-state index is 12.5. The maximum atomic E-state index is 12.5. The average Bonchev–Trinajstić information content (AvgIpc) is 3.72. The molecule has 0 N–H and O–H groups in total. The van der Waals surface area contributed by atoms with E-state index in [1.54, 1.807) is 29.2 Å². The van der Waals surface area contributed by atoms with Gasteiger partial charge >= 0.3 is 0 Å². The Labute approximate surface area is 212 Å². The minimum atomic E-state index is -0.155. The Morgan fingerprint density at radius 2 is 1.81 bits per heavy atom. The van der Waals surface area contributed by atoms with Crippen LogP contribution in [0.1, 0.15) is 22.0 Å². The Bertz CT molecular complexity index is 1590. The second-order valence-corrected chi connectivity index (χ2v) is 8.60. The van der Waals surface area contributed by atoms with Crippen molar-refractivity contribution >= 4 is 22.6 Å². The molecule has 0 bridgehead atoms. The smallest absolute Gasteiger partial charge is 0.289 e. The number of carbonyl (C=O) groups excluding carboxylic acids is 1. The van der Waals surface area contributed by atoms with Gasteiger partial charge in [0.1, 0.15) is 24.2 Å². The fourth-order valence-corrected chi connectivity index (χ4v) is 4.36. The van der Waals surface area contributed by atoms with Gasteiger partial charge in [-0.1, -0.05) is 30.3 Å². The molecule has 0 atom stereocenters. The fourth-order valence-electron chi connectivity index (χ4n) is 4.36. The number of ether oxygens (including phenoxy) is 1. The van der Waals surface area contributed by atoms with Gasteiger partial charge in [-0.2, -0.15) is 10.2 Å². The van der Waals surface area contributed by atoms with Gasteiger partial charge in [0, 0.05) is 26.2 Å². The number of hydrogen-bond acceptors (Lipinski definition) is 8. The number of rotatable bonds is 6. The molecule has 0 spiro atoms. The van der Waals surface area contributed by atoms with Crippen molar-refractivity contribution in [3.05, 3.63) is 90.2 Å². The lowest BCUT2D eigenvalue weighted by Gasteiger charge is -2.34.